The fourth-order valence-corrected chi connectivity index (χ4v) is 2.81. The molecule has 0 saturated heterocycles. The van der Waals surface area contributed by atoms with E-state index in [-0.39, 0.29) is 23.3 Å². The molecule has 6 nitrogen and oxygen atoms in total. The van der Waals surface area contributed by atoms with Gasteiger partial charge in [-0.3, -0.25) is 4.79 Å². The van der Waals surface area contributed by atoms with E-state index in [9.17, 15) is 18.0 Å². The highest BCUT2D eigenvalue weighted by atomic mass is 19.4. The van der Waals surface area contributed by atoms with Crippen LogP contribution in [0.25, 0.3) is 11.5 Å². The van der Waals surface area contributed by atoms with E-state index in [1.54, 1.807) is 0 Å². The second kappa shape index (κ2) is 8.44. The maximum atomic E-state index is 12.9. The van der Waals surface area contributed by atoms with Crippen LogP contribution in [0.4, 0.5) is 13.2 Å². The second-order valence-corrected chi connectivity index (χ2v) is 6.50. The van der Waals surface area contributed by atoms with E-state index >= 15 is 0 Å². The summed E-state index contributed by atoms with van der Waals surface area (Å²) in [6, 6.07) is 11.5. The zero-order valence-electron chi connectivity index (χ0n) is 15.5. The third kappa shape index (κ3) is 5.20. The van der Waals surface area contributed by atoms with Crippen LogP contribution in [0.15, 0.2) is 52.9 Å². The van der Waals surface area contributed by atoms with Crippen molar-refractivity contribution in [1.82, 2.24) is 15.5 Å². The van der Waals surface area contributed by atoms with E-state index in [2.05, 4.69) is 15.5 Å². The predicted octanol–water partition coefficient (Wildman–Crippen LogP) is 3.63. The Bertz CT molecular complexity index is 984. The zero-order valence-corrected chi connectivity index (χ0v) is 15.5. The number of alkyl halides is 3. The second-order valence-electron chi connectivity index (χ2n) is 6.50. The highest BCUT2D eigenvalue weighted by Crippen LogP contribution is 2.32. The van der Waals surface area contributed by atoms with Gasteiger partial charge in [0.25, 0.3) is 0 Å². The Morgan fingerprint density at radius 2 is 1.83 bits per heavy atom. The van der Waals surface area contributed by atoms with E-state index in [1.807, 2.05) is 24.3 Å². The first-order valence-electron chi connectivity index (χ1n) is 8.82. The Balaban J connectivity index is 1.86. The van der Waals surface area contributed by atoms with Gasteiger partial charge < -0.3 is 15.5 Å². The number of carbonyl (C=O) groups excluding carboxylic acids is 1. The molecular formula is C20H19F3N4O2. The Morgan fingerprint density at radius 1 is 1.14 bits per heavy atom. The molecule has 0 aliphatic rings. The number of nitrogens with zero attached hydrogens (tertiary/aromatic N) is 2. The van der Waals surface area contributed by atoms with Gasteiger partial charge >= 0.3 is 6.18 Å². The smallest absolute Gasteiger partial charge is 0.416 e. The molecule has 0 aliphatic carbocycles. The number of hydrogen-bond donors (Lipinski definition) is 2. The number of nitrogens with one attached hydrogen (secondary N) is 1. The standard InChI is InChI=1S/C20H19F3N4O2/c1-12(28)25-17(9-13-5-7-14(11-24)8-6-13)19-27-26-18(29-19)15-3-2-4-16(10-15)20(21,22)23/h2-8,10,17H,9,11,24H2,1H3,(H,25,28). The van der Waals surface area contributed by atoms with Gasteiger partial charge in [0.1, 0.15) is 6.04 Å². The van der Waals surface area contributed by atoms with Crippen molar-refractivity contribution in [2.24, 2.45) is 5.73 Å². The van der Waals surface area contributed by atoms with Crippen LogP contribution in [0, 0.1) is 0 Å². The molecule has 0 bridgehead atoms. The average Bonchev–Trinajstić information content (AvgIpc) is 3.17. The van der Waals surface area contributed by atoms with Crippen LogP contribution in [0.1, 0.15) is 35.5 Å². The quantitative estimate of drug-likeness (QED) is 0.654. The van der Waals surface area contributed by atoms with Gasteiger partial charge in [-0.05, 0) is 29.3 Å². The molecule has 1 aromatic heterocycles. The molecule has 0 fully saturated rings. The minimum Gasteiger partial charge on any atom is -0.418 e. The van der Waals surface area contributed by atoms with Gasteiger partial charge in [0.2, 0.25) is 17.7 Å². The van der Waals surface area contributed by atoms with Gasteiger partial charge in [0.15, 0.2) is 0 Å². The van der Waals surface area contributed by atoms with Crippen molar-refractivity contribution >= 4 is 5.91 Å². The van der Waals surface area contributed by atoms with Crippen molar-refractivity contribution in [2.45, 2.75) is 32.1 Å². The maximum Gasteiger partial charge on any atom is 0.416 e. The molecule has 0 saturated carbocycles. The number of nitrogens with two attached hydrogens (primary N) is 1. The number of aromatic nitrogens is 2. The van der Waals surface area contributed by atoms with Crippen molar-refractivity contribution < 1.29 is 22.4 Å². The Hall–Kier alpha value is -3.20. The largest absolute Gasteiger partial charge is 0.418 e. The van der Waals surface area contributed by atoms with Crippen LogP contribution < -0.4 is 11.1 Å². The number of amides is 1. The summed E-state index contributed by atoms with van der Waals surface area (Å²) in [5.74, 6) is -0.247. The first-order chi connectivity index (χ1) is 13.8. The van der Waals surface area contributed by atoms with Crippen molar-refractivity contribution in [2.75, 3.05) is 0 Å². The van der Waals surface area contributed by atoms with E-state index in [1.165, 1.54) is 19.1 Å². The van der Waals surface area contributed by atoms with E-state index < -0.39 is 17.8 Å². The fraction of sp³-hybridized carbons (Fsp3) is 0.250. The summed E-state index contributed by atoms with van der Waals surface area (Å²) in [7, 11) is 0. The highest BCUT2D eigenvalue weighted by Gasteiger charge is 2.31. The summed E-state index contributed by atoms with van der Waals surface area (Å²) in [5.41, 5.74) is 6.80. The lowest BCUT2D eigenvalue weighted by Crippen LogP contribution is -2.28. The molecule has 0 spiro atoms. The van der Waals surface area contributed by atoms with Crippen LogP contribution in [0.3, 0.4) is 0 Å². The van der Waals surface area contributed by atoms with Gasteiger partial charge in [-0.1, -0.05) is 30.3 Å². The summed E-state index contributed by atoms with van der Waals surface area (Å²) in [6.07, 6.45) is -4.11. The average molecular weight is 404 g/mol. The number of rotatable bonds is 6. The van der Waals surface area contributed by atoms with Crippen molar-refractivity contribution in [3.05, 3.63) is 71.1 Å². The number of hydrogen-bond acceptors (Lipinski definition) is 5. The van der Waals surface area contributed by atoms with Crippen molar-refractivity contribution in [3.63, 3.8) is 0 Å². The lowest BCUT2D eigenvalue weighted by Gasteiger charge is -2.14. The Labute approximate surface area is 164 Å². The van der Waals surface area contributed by atoms with Crippen LogP contribution in [0.5, 0.6) is 0 Å². The third-order valence-corrected chi connectivity index (χ3v) is 4.25. The number of benzene rings is 2. The molecule has 3 aromatic rings. The van der Waals surface area contributed by atoms with Crippen molar-refractivity contribution in [3.8, 4) is 11.5 Å². The monoisotopic (exact) mass is 404 g/mol. The van der Waals surface area contributed by atoms with Gasteiger partial charge in [-0.2, -0.15) is 13.2 Å². The molecule has 152 valence electrons. The minimum absolute atomic E-state index is 0.0556. The van der Waals surface area contributed by atoms with Gasteiger partial charge in [0.05, 0.1) is 5.56 Å². The maximum absolute atomic E-state index is 12.9. The summed E-state index contributed by atoms with van der Waals surface area (Å²) >= 11 is 0. The summed E-state index contributed by atoms with van der Waals surface area (Å²) < 4.78 is 44.4. The summed E-state index contributed by atoms with van der Waals surface area (Å²) in [6.45, 7) is 1.77. The first kappa shape index (κ1) is 20.5. The molecule has 2 aromatic carbocycles. The van der Waals surface area contributed by atoms with E-state index in [4.69, 9.17) is 10.2 Å². The Morgan fingerprint density at radius 3 is 2.45 bits per heavy atom. The SMILES string of the molecule is CC(=O)NC(Cc1ccc(CN)cc1)c1nnc(-c2cccc(C(F)(F)F)c2)o1. The third-order valence-electron chi connectivity index (χ3n) is 4.25. The molecule has 29 heavy (non-hydrogen) atoms. The topological polar surface area (TPSA) is 94.0 Å². The minimum atomic E-state index is -4.48. The first-order valence-corrected chi connectivity index (χ1v) is 8.82. The van der Waals surface area contributed by atoms with Gasteiger partial charge in [-0.25, -0.2) is 0 Å². The molecule has 0 aliphatic heterocycles. The van der Waals surface area contributed by atoms with Crippen LogP contribution >= 0.6 is 0 Å². The van der Waals surface area contributed by atoms with E-state index in [0.717, 1.165) is 23.3 Å². The zero-order chi connectivity index (χ0) is 21.0. The highest BCUT2D eigenvalue weighted by molar-refractivity contribution is 5.73. The molecule has 3 rings (SSSR count). The predicted molar refractivity (Wildman–Crippen MR) is 99.3 cm³/mol. The molecule has 1 unspecified atom stereocenters. The molecule has 1 amide bonds. The van der Waals surface area contributed by atoms with Crippen molar-refractivity contribution in [1.29, 1.82) is 0 Å². The molecular weight excluding hydrogens is 385 g/mol. The summed E-state index contributed by atoms with van der Waals surface area (Å²) in [4.78, 5) is 11.6. The molecule has 1 heterocycles. The number of halogens is 3. The van der Waals surface area contributed by atoms with Gasteiger partial charge in [0, 0.05) is 25.5 Å². The van der Waals surface area contributed by atoms with Crippen LogP contribution in [-0.4, -0.2) is 16.1 Å². The summed E-state index contributed by atoms with van der Waals surface area (Å²) in [5, 5.41) is 10.5. The lowest BCUT2D eigenvalue weighted by molar-refractivity contribution is -0.137. The van der Waals surface area contributed by atoms with Crippen LogP contribution in [0.2, 0.25) is 0 Å². The normalized spacial score (nSPS) is 12.6. The Kier molecular flexibility index (Phi) is 5.97. The molecule has 1 atom stereocenters. The fourth-order valence-electron chi connectivity index (χ4n) is 2.81. The van der Waals surface area contributed by atoms with Gasteiger partial charge in [-0.15, -0.1) is 10.2 Å². The molecule has 3 N–H and O–H groups in total. The lowest BCUT2D eigenvalue weighted by atomic mass is 10.0. The van der Waals surface area contributed by atoms with E-state index in [0.29, 0.717) is 13.0 Å². The van der Waals surface area contributed by atoms with Crippen LogP contribution in [-0.2, 0) is 23.9 Å². The molecule has 9 heteroatoms. The number of carbonyl (C=O) groups is 1. The molecule has 0 radical (unpaired) electrons.